The minimum Gasteiger partial charge on any atom is -0.454 e. The molecule has 1 N–H and O–H groups in total. The summed E-state index contributed by atoms with van der Waals surface area (Å²) in [6, 6.07) is 11.8. The van der Waals surface area contributed by atoms with Gasteiger partial charge in [0, 0.05) is 11.1 Å². The van der Waals surface area contributed by atoms with Crippen LogP contribution in [-0.2, 0) is 6.54 Å². The Bertz CT molecular complexity index is 771. The fraction of sp³-hybridized carbons (Fsp3) is 0.316. The number of benzene rings is 2. The molecule has 5 nitrogen and oxygen atoms in total. The summed E-state index contributed by atoms with van der Waals surface area (Å²) < 4.78 is 23.7. The number of nitrogens with zero attached hydrogens (tertiary/aromatic N) is 1. The van der Waals surface area contributed by atoms with Gasteiger partial charge in [-0.05, 0) is 42.5 Å². The third-order valence-electron chi connectivity index (χ3n) is 4.74. The van der Waals surface area contributed by atoms with Crippen molar-refractivity contribution >= 4 is 5.91 Å². The summed E-state index contributed by atoms with van der Waals surface area (Å²) in [5.41, 5.74) is 1.75. The molecule has 0 aliphatic carbocycles. The average molecular weight is 343 g/mol. The zero-order valence-electron chi connectivity index (χ0n) is 13.8. The quantitative estimate of drug-likeness (QED) is 0.908. The van der Waals surface area contributed by atoms with Gasteiger partial charge >= 0.3 is 0 Å². The first-order chi connectivity index (χ1) is 12.2. The van der Waals surface area contributed by atoms with Crippen molar-refractivity contribution in [2.75, 3.05) is 33.0 Å². The molecule has 0 atom stereocenters. The topological polar surface area (TPSA) is 43.2 Å². The Hall–Kier alpha value is -2.60. The summed E-state index contributed by atoms with van der Waals surface area (Å²) in [5.74, 6) is 1.26. The lowest BCUT2D eigenvalue weighted by Gasteiger charge is -2.32. The minimum absolute atomic E-state index is 0.0258. The molecule has 1 amide bonds. The van der Waals surface area contributed by atoms with Crippen molar-refractivity contribution < 1.29 is 23.6 Å². The molecule has 4 rings (SSSR count). The zero-order valence-corrected chi connectivity index (χ0v) is 13.8. The van der Waals surface area contributed by atoms with Crippen molar-refractivity contribution in [2.24, 2.45) is 0 Å². The molecule has 0 unspecified atom stereocenters. The smallest absolute Gasteiger partial charge is 0.254 e. The molecule has 0 aromatic heterocycles. The molecule has 0 bridgehead atoms. The van der Waals surface area contributed by atoms with E-state index in [-0.39, 0.29) is 18.5 Å². The van der Waals surface area contributed by atoms with Crippen molar-refractivity contribution in [2.45, 2.75) is 6.54 Å². The van der Waals surface area contributed by atoms with Crippen LogP contribution in [0.15, 0.2) is 42.5 Å². The van der Waals surface area contributed by atoms with E-state index in [1.807, 2.05) is 17.0 Å². The lowest BCUT2D eigenvalue weighted by molar-refractivity contribution is -0.917. The molecule has 2 aliphatic heterocycles. The van der Waals surface area contributed by atoms with Crippen LogP contribution in [0.2, 0.25) is 0 Å². The van der Waals surface area contributed by atoms with Crippen LogP contribution in [0.5, 0.6) is 11.5 Å². The molecule has 2 aromatic carbocycles. The van der Waals surface area contributed by atoms with Crippen LogP contribution >= 0.6 is 0 Å². The van der Waals surface area contributed by atoms with E-state index in [0.717, 1.165) is 31.1 Å². The second-order valence-corrected chi connectivity index (χ2v) is 6.41. The summed E-state index contributed by atoms with van der Waals surface area (Å²) in [5, 5.41) is 0. The van der Waals surface area contributed by atoms with E-state index in [2.05, 4.69) is 6.07 Å². The van der Waals surface area contributed by atoms with Gasteiger partial charge in [-0.1, -0.05) is 0 Å². The van der Waals surface area contributed by atoms with Gasteiger partial charge in [0.1, 0.15) is 12.4 Å². The molecule has 130 valence electrons. The number of rotatable bonds is 3. The number of piperazine rings is 1. The van der Waals surface area contributed by atoms with Gasteiger partial charge in [0.15, 0.2) is 11.5 Å². The van der Waals surface area contributed by atoms with Crippen molar-refractivity contribution in [3.63, 3.8) is 0 Å². The molecular formula is C19H20FN2O3+. The molecular weight excluding hydrogens is 323 g/mol. The summed E-state index contributed by atoms with van der Waals surface area (Å²) in [4.78, 5) is 15.7. The van der Waals surface area contributed by atoms with E-state index in [9.17, 15) is 9.18 Å². The first-order valence-corrected chi connectivity index (χ1v) is 8.46. The van der Waals surface area contributed by atoms with Crippen LogP contribution in [0.3, 0.4) is 0 Å². The van der Waals surface area contributed by atoms with Gasteiger partial charge in [-0.3, -0.25) is 4.79 Å². The van der Waals surface area contributed by atoms with Gasteiger partial charge in [-0.15, -0.1) is 0 Å². The predicted molar refractivity (Wildman–Crippen MR) is 89.3 cm³/mol. The van der Waals surface area contributed by atoms with Gasteiger partial charge < -0.3 is 19.3 Å². The Morgan fingerprint density at radius 3 is 2.52 bits per heavy atom. The number of ether oxygens (including phenoxy) is 2. The number of hydrogen-bond donors (Lipinski definition) is 1. The summed E-state index contributed by atoms with van der Waals surface area (Å²) in [6.45, 7) is 4.37. The molecule has 2 aliphatic rings. The fourth-order valence-corrected chi connectivity index (χ4v) is 3.32. The number of nitrogens with one attached hydrogen (secondary N) is 1. The number of amides is 1. The minimum atomic E-state index is -0.325. The van der Waals surface area contributed by atoms with Crippen LogP contribution in [-0.4, -0.2) is 43.8 Å². The Kier molecular flexibility index (Phi) is 4.28. The monoisotopic (exact) mass is 343 g/mol. The predicted octanol–water partition coefficient (Wildman–Crippen LogP) is 1.10. The maximum absolute atomic E-state index is 13.0. The second kappa shape index (κ2) is 6.72. The van der Waals surface area contributed by atoms with E-state index in [1.165, 1.54) is 22.6 Å². The highest BCUT2D eigenvalue weighted by molar-refractivity contribution is 5.94. The van der Waals surface area contributed by atoms with Crippen LogP contribution < -0.4 is 14.4 Å². The normalized spacial score (nSPS) is 16.9. The lowest BCUT2D eigenvalue weighted by atomic mass is 10.1. The van der Waals surface area contributed by atoms with Crippen LogP contribution in [0.1, 0.15) is 15.9 Å². The third-order valence-corrected chi connectivity index (χ3v) is 4.74. The van der Waals surface area contributed by atoms with Crippen molar-refractivity contribution in [3.05, 3.63) is 59.4 Å². The van der Waals surface area contributed by atoms with E-state index in [0.29, 0.717) is 18.7 Å². The van der Waals surface area contributed by atoms with Gasteiger partial charge in [0.2, 0.25) is 6.79 Å². The van der Waals surface area contributed by atoms with Crippen LogP contribution in [0.4, 0.5) is 4.39 Å². The van der Waals surface area contributed by atoms with Gasteiger partial charge in [-0.25, -0.2) is 4.39 Å². The molecule has 0 saturated carbocycles. The highest BCUT2D eigenvalue weighted by atomic mass is 19.1. The highest BCUT2D eigenvalue weighted by Gasteiger charge is 2.25. The number of fused-ring (bicyclic) bond motifs is 1. The van der Waals surface area contributed by atoms with Crippen molar-refractivity contribution in [3.8, 4) is 11.5 Å². The number of hydrogen-bond acceptors (Lipinski definition) is 3. The Labute approximate surface area is 145 Å². The van der Waals surface area contributed by atoms with Gasteiger partial charge in [0.05, 0.1) is 26.2 Å². The molecule has 0 radical (unpaired) electrons. The summed E-state index contributed by atoms with van der Waals surface area (Å²) in [7, 11) is 0. The molecule has 0 spiro atoms. The molecule has 1 fully saturated rings. The largest absolute Gasteiger partial charge is 0.454 e. The summed E-state index contributed by atoms with van der Waals surface area (Å²) in [6.07, 6.45) is 0. The average Bonchev–Trinajstić information content (AvgIpc) is 3.10. The Balaban J connectivity index is 1.33. The van der Waals surface area contributed by atoms with E-state index in [1.54, 1.807) is 12.1 Å². The first kappa shape index (κ1) is 15.9. The molecule has 25 heavy (non-hydrogen) atoms. The number of halogens is 1. The maximum Gasteiger partial charge on any atom is 0.254 e. The number of carbonyl (C=O) groups excluding carboxylic acids is 1. The Morgan fingerprint density at radius 1 is 1.04 bits per heavy atom. The van der Waals surface area contributed by atoms with E-state index >= 15 is 0 Å². The lowest BCUT2D eigenvalue weighted by Crippen LogP contribution is -3.13. The zero-order chi connectivity index (χ0) is 17.2. The number of quaternary nitrogens is 1. The van der Waals surface area contributed by atoms with Crippen molar-refractivity contribution in [1.82, 2.24) is 4.90 Å². The van der Waals surface area contributed by atoms with Crippen LogP contribution in [0, 0.1) is 5.82 Å². The summed E-state index contributed by atoms with van der Waals surface area (Å²) >= 11 is 0. The first-order valence-electron chi connectivity index (χ1n) is 8.46. The molecule has 1 saturated heterocycles. The molecule has 2 heterocycles. The SMILES string of the molecule is O=C(c1ccc(F)cc1)N1CC[NH+](Cc2ccc3c(c2)OCO3)CC1. The number of carbonyl (C=O) groups is 1. The second-order valence-electron chi connectivity index (χ2n) is 6.41. The van der Waals surface area contributed by atoms with Crippen LogP contribution in [0.25, 0.3) is 0 Å². The Morgan fingerprint density at radius 2 is 1.76 bits per heavy atom. The van der Waals surface area contributed by atoms with E-state index in [4.69, 9.17) is 9.47 Å². The molecule has 2 aromatic rings. The van der Waals surface area contributed by atoms with E-state index < -0.39 is 0 Å². The maximum atomic E-state index is 13.0. The highest BCUT2D eigenvalue weighted by Crippen LogP contribution is 2.32. The van der Waals surface area contributed by atoms with Crippen molar-refractivity contribution in [1.29, 1.82) is 0 Å². The standard InChI is InChI=1S/C19H19FN2O3/c20-16-4-2-15(3-5-16)19(23)22-9-7-21(8-10-22)12-14-1-6-17-18(11-14)25-13-24-17/h1-6,11H,7-10,12-13H2/p+1. The third kappa shape index (κ3) is 3.44. The van der Waals surface area contributed by atoms with Gasteiger partial charge in [0.25, 0.3) is 5.91 Å². The fourth-order valence-electron chi connectivity index (χ4n) is 3.32. The van der Waals surface area contributed by atoms with Gasteiger partial charge in [-0.2, -0.15) is 0 Å². The molecule has 6 heteroatoms.